The van der Waals surface area contributed by atoms with Gasteiger partial charge in [-0.05, 0) is 45.9 Å². The maximum absolute atomic E-state index is 5.86. The van der Waals surface area contributed by atoms with E-state index in [1.54, 1.807) is 0 Å². The lowest BCUT2D eigenvalue weighted by molar-refractivity contribution is 0.194. The molecule has 1 heterocycles. The minimum atomic E-state index is 0.514. The zero-order chi connectivity index (χ0) is 8.97. The molecule has 0 radical (unpaired) electrons. The van der Waals surface area contributed by atoms with Gasteiger partial charge in [0.15, 0.2) is 0 Å². The van der Waals surface area contributed by atoms with Crippen molar-refractivity contribution in [3.63, 3.8) is 0 Å². The van der Waals surface area contributed by atoms with Crippen molar-refractivity contribution in [3.05, 3.63) is 0 Å². The second kappa shape index (κ2) is 5.05. The Morgan fingerprint density at radius 3 is 2.50 bits per heavy atom. The van der Waals surface area contributed by atoms with Crippen molar-refractivity contribution in [1.82, 2.24) is 10.2 Å². The Balaban J connectivity index is 2.32. The lowest BCUT2D eigenvalue weighted by Gasteiger charge is -2.33. The second-order valence-electron chi connectivity index (χ2n) is 3.69. The molecule has 1 atom stereocenters. The van der Waals surface area contributed by atoms with E-state index in [-0.39, 0.29) is 0 Å². The summed E-state index contributed by atoms with van der Waals surface area (Å²) in [7, 11) is 4.19. The van der Waals surface area contributed by atoms with Crippen LogP contribution in [0.1, 0.15) is 12.8 Å². The van der Waals surface area contributed by atoms with Gasteiger partial charge in [-0.15, -0.1) is 11.6 Å². The standard InChI is InChI=1S/C9H19ClN2/c1-11-9(7-10)8-3-5-12(2)6-4-8/h8-9,11H,3-7H2,1-2H3. The van der Waals surface area contributed by atoms with Gasteiger partial charge in [-0.25, -0.2) is 0 Å². The first-order chi connectivity index (χ1) is 5.77. The smallest absolute Gasteiger partial charge is 0.0379 e. The molecule has 0 aromatic carbocycles. The van der Waals surface area contributed by atoms with Gasteiger partial charge in [0.1, 0.15) is 0 Å². The first kappa shape index (κ1) is 10.3. The first-order valence-electron chi connectivity index (χ1n) is 4.69. The largest absolute Gasteiger partial charge is 0.316 e. The summed E-state index contributed by atoms with van der Waals surface area (Å²) in [5, 5.41) is 3.29. The molecule has 0 aromatic rings. The molecule has 0 bridgehead atoms. The fourth-order valence-electron chi connectivity index (χ4n) is 1.87. The average molecular weight is 191 g/mol. The Morgan fingerprint density at radius 2 is 2.08 bits per heavy atom. The van der Waals surface area contributed by atoms with E-state index in [9.17, 15) is 0 Å². The molecule has 0 spiro atoms. The molecular weight excluding hydrogens is 172 g/mol. The summed E-state index contributed by atoms with van der Waals surface area (Å²) in [5.74, 6) is 1.52. The average Bonchev–Trinajstić information content (AvgIpc) is 2.10. The summed E-state index contributed by atoms with van der Waals surface area (Å²) in [4.78, 5) is 2.39. The second-order valence-corrected chi connectivity index (χ2v) is 4.00. The van der Waals surface area contributed by atoms with Crippen LogP contribution in [-0.4, -0.2) is 44.0 Å². The van der Waals surface area contributed by atoms with Crippen LogP contribution in [0.4, 0.5) is 0 Å². The third kappa shape index (κ3) is 2.61. The van der Waals surface area contributed by atoms with Crippen LogP contribution < -0.4 is 5.32 Å². The van der Waals surface area contributed by atoms with Crippen molar-refractivity contribution in [2.45, 2.75) is 18.9 Å². The fraction of sp³-hybridized carbons (Fsp3) is 1.00. The van der Waals surface area contributed by atoms with Crippen molar-refractivity contribution in [2.24, 2.45) is 5.92 Å². The molecule has 0 amide bonds. The fourth-order valence-corrected chi connectivity index (χ4v) is 2.28. The Labute approximate surface area is 80.3 Å². The Bertz CT molecular complexity index is 118. The third-order valence-corrected chi connectivity index (χ3v) is 3.20. The van der Waals surface area contributed by atoms with E-state index < -0.39 is 0 Å². The predicted octanol–water partition coefficient (Wildman–Crippen LogP) is 1.15. The van der Waals surface area contributed by atoms with E-state index in [0.717, 1.165) is 11.8 Å². The molecule has 1 aliphatic heterocycles. The van der Waals surface area contributed by atoms with Gasteiger partial charge in [0.2, 0.25) is 0 Å². The molecule has 1 fully saturated rings. The number of hydrogen-bond acceptors (Lipinski definition) is 2. The number of halogens is 1. The van der Waals surface area contributed by atoms with Crippen molar-refractivity contribution in [3.8, 4) is 0 Å². The minimum absolute atomic E-state index is 0.514. The van der Waals surface area contributed by atoms with Crippen LogP contribution in [0.2, 0.25) is 0 Å². The van der Waals surface area contributed by atoms with E-state index in [1.165, 1.54) is 25.9 Å². The summed E-state index contributed by atoms with van der Waals surface area (Å²) >= 11 is 5.86. The molecule has 1 rings (SSSR count). The SMILES string of the molecule is CNC(CCl)C1CCN(C)CC1. The highest BCUT2D eigenvalue weighted by atomic mass is 35.5. The van der Waals surface area contributed by atoms with E-state index in [2.05, 4.69) is 17.3 Å². The van der Waals surface area contributed by atoms with Crippen molar-refractivity contribution < 1.29 is 0 Å². The van der Waals surface area contributed by atoms with Crippen molar-refractivity contribution in [1.29, 1.82) is 0 Å². The van der Waals surface area contributed by atoms with Crippen LogP contribution in [0.5, 0.6) is 0 Å². The number of nitrogens with zero attached hydrogens (tertiary/aromatic N) is 1. The monoisotopic (exact) mass is 190 g/mol. The molecule has 1 N–H and O–H groups in total. The van der Waals surface area contributed by atoms with E-state index >= 15 is 0 Å². The van der Waals surface area contributed by atoms with Gasteiger partial charge in [0.25, 0.3) is 0 Å². The van der Waals surface area contributed by atoms with Crippen LogP contribution in [0.25, 0.3) is 0 Å². The van der Waals surface area contributed by atoms with Crippen molar-refractivity contribution >= 4 is 11.6 Å². The zero-order valence-electron chi connectivity index (χ0n) is 8.02. The lowest BCUT2D eigenvalue weighted by Crippen LogP contribution is -2.41. The van der Waals surface area contributed by atoms with Crippen LogP contribution in [-0.2, 0) is 0 Å². The highest BCUT2D eigenvalue weighted by Crippen LogP contribution is 2.20. The van der Waals surface area contributed by atoms with Gasteiger partial charge >= 0.3 is 0 Å². The summed E-state index contributed by atoms with van der Waals surface area (Å²) in [6, 6.07) is 0.514. The number of rotatable bonds is 3. The molecule has 12 heavy (non-hydrogen) atoms. The lowest BCUT2D eigenvalue weighted by atomic mass is 9.90. The summed E-state index contributed by atoms with van der Waals surface area (Å²) in [6.07, 6.45) is 2.57. The van der Waals surface area contributed by atoms with Gasteiger partial charge in [-0.3, -0.25) is 0 Å². The van der Waals surface area contributed by atoms with E-state index in [4.69, 9.17) is 11.6 Å². The molecule has 1 aliphatic rings. The molecule has 2 nitrogen and oxygen atoms in total. The molecule has 0 saturated carbocycles. The van der Waals surface area contributed by atoms with Crippen LogP contribution in [0, 0.1) is 5.92 Å². The summed E-state index contributed by atoms with van der Waals surface area (Å²) in [6.45, 7) is 2.44. The van der Waals surface area contributed by atoms with Gasteiger partial charge in [-0.2, -0.15) is 0 Å². The van der Waals surface area contributed by atoms with Crippen LogP contribution >= 0.6 is 11.6 Å². The maximum atomic E-state index is 5.86. The third-order valence-electron chi connectivity index (χ3n) is 2.87. The van der Waals surface area contributed by atoms with Crippen LogP contribution in [0.3, 0.4) is 0 Å². The molecule has 72 valence electrons. The Kier molecular flexibility index (Phi) is 4.33. The first-order valence-corrected chi connectivity index (χ1v) is 5.23. The number of likely N-dealkylation sites (tertiary alicyclic amines) is 1. The molecular formula is C9H19ClN2. The topological polar surface area (TPSA) is 15.3 Å². The molecule has 0 aliphatic carbocycles. The Morgan fingerprint density at radius 1 is 1.50 bits per heavy atom. The Hall–Kier alpha value is 0.210. The summed E-state index contributed by atoms with van der Waals surface area (Å²) < 4.78 is 0. The number of nitrogens with one attached hydrogen (secondary N) is 1. The van der Waals surface area contributed by atoms with Gasteiger partial charge < -0.3 is 10.2 Å². The highest BCUT2D eigenvalue weighted by Gasteiger charge is 2.23. The highest BCUT2D eigenvalue weighted by molar-refractivity contribution is 6.18. The van der Waals surface area contributed by atoms with E-state index in [1.807, 2.05) is 7.05 Å². The summed E-state index contributed by atoms with van der Waals surface area (Å²) in [5.41, 5.74) is 0. The van der Waals surface area contributed by atoms with E-state index in [0.29, 0.717) is 6.04 Å². The quantitative estimate of drug-likeness (QED) is 0.672. The maximum Gasteiger partial charge on any atom is 0.0379 e. The minimum Gasteiger partial charge on any atom is -0.316 e. The molecule has 1 saturated heterocycles. The molecule has 1 unspecified atom stereocenters. The van der Waals surface area contributed by atoms with Gasteiger partial charge in [0, 0.05) is 11.9 Å². The number of piperidine rings is 1. The molecule has 3 heteroatoms. The number of alkyl halides is 1. The number of hydrogen-bond donors (Lipinski definition) is 1. The van der Waals surface area contributed by atoms with Gasteiger partial charge in [0.05, 0.1) is 0 Å². The van der Waals surface area contributed by atoms with Crippen LogP contribution in [0.15, 0.2) is 0 Å². The van der Waals surface area contributed by atoms with Gasteiger partial charge in [-0.1, -0.05) is 0 Å². The zero-order valence-corrected chi connectivity index (χ0v) is 8.77. The van der Waals surface area contributed by atoms with Crippen molar-refractivity contribution in [2.75, 3.05) is 33.1 Å². The molecule has 0 aromatic heterocycles. The predicted molar refractivity (Wildman–Crippen MR) is 53.8 cm³/mol. The normalized spacial score (nSPS) is 24.2.